The summed E-state index contributed by atoms with van der Waals surface area (Å²) in [5.74, 6) is 1.78. The number of piperazine rings is 1. The smallest absolute Gasteiger partial charge is 0.229 e. The van der Waals surface area contributed by atoms with Gasteiger partial charge in [-0.2, -0.15) is 0 Å². The van der Waals surface area contributed by atoms with Gasteiger partial charge in [0.05, 0.1) is 18.1 Å². The Balaban J connectivity index is 1.31. The number of nitrogens with one attached hydrogen (secondary N) is 2. The third kappa shape index (κ3) is 3.33. The van der Waals surface area contributed by atoms with E-state index in [0.29, 0.717) is 29.5 Å². The van der Waals surface area contributed by atoms with Gasteiger partial charge in [-0.1, -0.05) is 19.3 Å². The maximum Gasteiger partial charge on any atom is 0.229 e. The van der Waals surface area contributed by atoms with E-state index in [9.17, 15) is 4.79 Å². The van der Waals surface area contributed by atoms with Gasteiger partial charge in [-0.25, -0.2) is 15.0 Å². The summed E-state index contributed by atoms with van der Waals surface area (Å²) in [7, 11) is 0. The Morgan fingerprint density at radius 2 is 1.88 bits per heavy atom. The van der Waals surface area contributed by atoms with Gasteiger partial charge in [0.25, 0.3) is 0 Å². The number of anilines is 3. The van der Waals surface area contributed by atoms with Crippen LogP contribution in [-0.2, 0) is 5.41 Å². The molecule has 2 N–H and O–H groups in total. The van der Waals surface area contributed by atoms with Crippen molar-refractivity contribution in [1.29, 1.82) is 0 Å². The minimum absolute atomic E-state index is 0.0154. The van der Waals surface area contributed by atoms with Crippen LogP contribution in [0.3, 0.4) is 0 Å². The van der Waals surface area contributed by atoms with Crippen LogP contribution in [0.5, 0.6) is 0 Å². The highest BCUT2D eigenvalue weighted by molar-refractivity contribution is 6.01. The number of hydrogen-bond acceptors (Lipinski definition) is 8. The zero-order valence-corrected chi connectivity index (χ0v) is 18.2. The molecule has 4 heterocycles. The van der Waals surface area contributed by atoms with Crippen molar-refractivity contribution in [3.05, 3.63) is 35.9 Å². The van der Waals surface area contributed by atoms with Gasteiger partial charge in [0.1, 0.15) is 11.3 Å². The van der Waals surface area contributed by atoms with Crippen LogP contribution in [0.1, 0.15) is 61.1 Å². The number of aromatic nitrogens is 3. The molecule has 0 aromatic carbocycles. The topological polar surface area (TPSA) is 96.2 Å². The first kappa shape index (κ1) is 19.7. The standard InChI is InChI=1S/C24H28N6O2/c31-17-6-9-24(7-2-1-3-8-24)20-21-18(32-22(17)20)15-27-23(29-21)28-19-5-4-16(14-26-19)30-12-10-25-11-13-30/h4-5,14-15,25H,1-3,6-13H2,(H,26,27,28,29). The molecule has 8 heteroatoms. The number of furan rings is 1. The van der Waals surface area contributed by atoms with E-state index < -0.39 is 0 Å². The predicted octanol–water partition coefficient (Wildman–Crippen LogP) is 3.95. The summed E-state index contributed by atoms with van der Waals surface area (Å²) in [5, 5.41) is 6.60. The zero-order chi connectivity index (χ0) is 21.5. The molecule has 3 aliphatic rings. The molecule has 3 aromatic rings. The molecule has 1 aliphatic heterocycles. The van der Waals surface area contributed by atoms with Crippen LogP contribution in [0.2, 0.25) is 0 Å². The molecule has 2 aliphatic carbocycles. The van der Waals surface area contributed by atoms with Crippen LogP contribution < -0.4 is 15.5 Å². The van der Waals surface area contributed by atoms with E-state index in [-0.39, 0.29) is 11.2 Å². The van der Waals surface area contributed by atoms with Crippen molar-refractivity contribution in [2.75, 3.05) is 36.4 Å². The van der Waals surface area contributed by atoms with Crippen molar-refractivity contribution in [1.82, 2.24) is 20.3 Å². The molecule has 32 heavy (non-hydrogen) atoms. The number of nitrogens with zero attached hydrogens (tertiary/aromatic N) is 4. The van der Waals surface area contributed by atoms with E-state index in [1.165, 1.54) is 19.3 Å². The number of carbonyl (C=O) groups excluding carboxylic acids is 1. The molecule has 0 amide bonds. The number of rotatable bonds is 3. The van der Waals surface area contributed by atoms with Gasteiger partial charge >= 0.3 is 0 Å². The summed E-state index contributed by atoms with van der Waals surface area (Å²) < 4.78 is 5.99. The monoisotopic (exact) mass is 432 g/mol. The van der Waals surface area contributed by atoms with Gasteiger partial charge in [0.2, 0.25) is 5.95 Å². The van der Waals surface area contributed by atoms with Gasteiger partial charge in [0.15, 0.2) is 17.1 Å². The normalized spacial score (nSPS) is 20.5. The van der Waals surface area contributed by atoms with Crippen molar-refractivity contribution >= 4 is 34.3 Å². The Hall–Kier alpha value is -3.00. The van der Waals surface area contributed by atoms with Gasteiger partial charge in [0, 0.05) is 43.6 Å². The lowest BCUT2D eigenvalue weighted by molar-refractivity contribution is 0.0909. The van der Waals surface area contributed by atoms with Crippen molar-refractivity contribution in [2.24, 2.45) is 0 Å². The van der Waals surface area contributed by atoms with Crippen LogP contribution in [0.4, 0.5) is 17.5 Å². The maximum absolute atomic E-state index is 12.6. The van der Waals surface area contributed by atoms with Crippen LogP contribution in [0.15, 0.2) is 28.9 Å². The molecule has 6 rings (SSSR count). The fourth-order valence-corrected chi connectivity index (χ4v) is 5.65. The first-order valence-corrected chi connectivity index (χ1v) is 11.7. The van der Waals surface area contributed by atoms with E-state index in [0.717, 1.165) is 62.2 Å². The van der Waals surface area contributed by atoms with Gasteiger partial charge in [-0.3, -0.25) is 4.79 Å². The Morgan fingerprint density at radius 3 is 2.66 bits per heavy atom. The summed E-state index contributed by atoms with van der Waals surface area (Å²) in [4.78, 5) is 28.8. The minimum Gasteiger partial charge on any atom is -0.449 e. The zero-order valence-electron chi connectivity index (χ0n) is 18.2. The highest BCUT2D eigenvalue weighted by Crippen LogP contribution is 2.50. The third-order valence-corrected chi connectivity index (χ3v) is 7.33. The lowest BCUT2D eigenvalue weighted by atomic mass is 9.63. The second-order valence-electron chi connectivity index (χ2n) is 9.24. The summed E-state index contributed by atoms with van der Waals surface area (Å²) in [6, 6.07) is 4.04. The second-order valence-corrected chi connectivity index (χ2v) is 9.24. The maximum atomic E-state index is 12.6. The van der Waals surface area contributed by atoms with Crippen LogP contribution in [0.25, 0.3) is 11.1 Å². The highest BCUT2D eigenvalue weighted by atomic mass is 16.3. The molecule has 0 radical (unpaired) electrons. The van der Waals surface area contributed by atoms with Crippen LogP contribution in [-0.4, -0.2) is 46.9 Å². The van der Waals surface area contributed by atoms with E-state index in [2.05, 4.69) is 31.6 Å². The Labute approximate surface area is 186 Å². The largest absolute Gasteiger partial charge is 0.449 e. The lowest BCUT2D eigenvalue weighted by Crippen LogP contribution is -2.43. The Bertz CT molecular complexity index is 1140. The molecule has 0 unspecified atom stereocenters. The first-order chi connectivity index (χ1) is 15.7. The SMILES string of the molecule is O=C1CCC2(CCCCC2)c2c1oc1cnc(Nc3ccc(N4CCNCC4)cn3)nc21. The van der Waals surface area contributed by atoms with Gasteiger partial charge in [-0.05, 0) is 31.4 Å². The van der Waals surface area contributed by atoms with Crippen molar-refractivity contribution < 1.29 is 9.21 Å². The molecule has 8 nitrogen and oxygen atoms in total. The van der Waals surface area contributed by atoms with E-state index in [4.69, 9.17) is 9.40 Å². The number of ketones is 1. The number of hydrogen-bond donors (Lipinski definition) is 2. The third-order valence-electron chi connectivity index (χ3n) is 7.33. The average molecular weight is 433 g/mol. The molecule has 166 valence electrons. The quantitative estimate of drug-likeness (QED) is 0.642. The highest BCUT2D eigenvalue weighted by Gasteiger charge is 2.44. The molecular formula is C24H28N6O2. The summed E-state index contributed by atoms with van der Waals surface area (Å²) in [6.45, 7) is 3.96. The number of carbonyl (C=O) groups is 1. The van der Waals surface area contributed by atoms with Crippen molar-refractivity contribution in [3.8, 4) is 0 Å². The molecular weight excluding hydrogens is 404 g/mol. The molecule has 1 spiro atoms. The summed E-state index contributed by atoms with van der Waals surface area (Å²) in [6.07, 6.45) is 10.9. The van der Waals surface area contributed by atoms with Crippen LogP contribution in [0, 0.1) is 0 Å². The number of pyridine rings is 1. The minimum atomic E-state index is 0.0154. The fraction of sp³-hybridized carbons (Fsp3) is 0.500. The average Bonchev–Trinajstić information content (AvgIpc) is 3.24. The van der Waals surface area contributed by atoms with Gasteiger partial charge in [-0.15, -0.1) is 0 Å². The molecule has 1 saturated carbocycles. The lowest BCUT2D eigenvalue weighted by Gasteiger charge is -2.39. The molecule has 3 aromatic heterocycles. The number of Topliss-reactive ketones (excluding diaryl/α,β-unsaturated/α-hetero) is 1. The fourth-order valence-electron chi connectivity index (χ4n) is 5.65. The van der Waals surface area contributed by atoms with E-state index in [1.807, 2.05) is 12.3 Å². The van der Waals surface area contributed by atoms with Crippen molar-refractivity contribution in [2.45, 2.75) is 50.4 Å². The predicted molar refractivity (Wildman–Crippen MR) is 123 cm³/mol. The second kappa shape index (κ2) is 7.85. The van der Waals surface area contributed by atoms with E-state index >= 15 is 0 Å². The van der Waals surface area contributed by atoms with Crippen LogP contribution >= 0.6 is 0 Å². The van der Waals surface area contributed by atoms with Gasteiger partial charge < -0.3 is 20.0 Å². The molecule has 2 fully saturated rings. The number of fused-ring (bicyclic) bond motifs is 4. The Kier molecular flexibility index (Phi) is 4.82. The summed E-state index contributed by atoms with van der Waals surface area (Å²) >= 11 is 0. The first-order valence-electron chi connectivity index (χ1n) is 11.7. The molecule has 1 saturated heterocycles. The van der Waals surface area contributed by atoms with Crippen molar-refractivity contribution in [3.63, 3.8) is 0 Å². The summed E-state index contributed by atoms with van der Waals surface area (Å²) in [5.41, 5.74) is 3.54. The van der Waals surface area contributed by atoms with E-state index in [1.54, 1.807) is 6.20 Å². The molecule has 0 bridgehead atoms. The molecule has 0 atom stereocenters. The Morgan fingerprint density at radius 1 is 1.03 bits per heavy atom.